The fourth-order valence-electron chi connectivity index (χ4n) is 1.58. The van der Waals surface area contributed by atoms with Gasteiger partial charge in [0, 0.05) is 19.5 Å². The largest absolute Gasteiger partial charge is 0.354 e. The molecule has 0 aromatic heterocycles. The summed E-state index contributed by atoms with van der Waals surface area (Å²) in [6.45, 7) is 5.74. The Morgan fingerprint density at radius 1 is 1.47 bits per heavy atom. The van der Waals surface area contributed by atoms with Gasteiger partial charge in [0.15, 0.2) is 0 Å². The van der Waals surface area contributed by atoms with E-state index in [1.165, 1.54) is 0 Å². The summed E-state index contributed by atoms with van der Waals surface area (Å²) < 4.78 is 0. The molecule has 0 aliphatic carbocycles. The van der Waals surface area contributed by atoms with Crippen LogP contribution in [-0.4, -0.2) is 36.3 Å². The van der Waals surface area contributed by atoms with E-state index in [1.807, 2.05) is 13.8 Å². The Labute approximate surface area is 91.0 Å². The smallest absolute Gasteiger partial charge is 0.239 e. The molecule has 4 heteroatoms. The van der Waals surface area contributed by atoms with Crippen molar-refractivity contribution in [2.45, 2.75) is 33.1 Å². The van der Waals surface area contributed by atoms with Crippen LogP contribution >= 0.6 is 0 Å². The molecule has 2 amide bonds. The summed E-state index contributed by atoms with van der Waals surface area (Å²) in [5.41, 5.74) is 0. The first-order valence-electron chi connectivity index (χ1n) is 5.64. The number of carbonyl (C=O) groups is 2. The maximum absolute atomic E-state index is 11.5. The summed E-state index contributed by atoms with van der Waals surface area (Å²) >= 11 is 0. The minimum Gasteiger partial charge on any atom is -0.354 e. The second kappa shape index (κ2) is 5.73. The second-order valence-corrected chi connectivity index (χ2v) is 4.47. The normalized spacial score (nSPS) is 17.0. The summed E-state index contributed by atoms with van der Waals surface area (Å²) in [6.07, 6.45) is 2.57. The molecule has 86 valence electrons. The number of piperidine rings is 1. The van der Waals surface area contributed by atoms with E-state index in [-0.39, 0.29) is 18.4 Å². The number of rotatable bonds is 4. The highest BCUT2D eigenvalue weighted by Crippen LogP contribution is 2.09. The Hall–Kier alpha value is -1.06. The summed E-state index contributed by atoms with van der Waals surface area (Å²) in [4.78, 5) is 24.5. The van der Waals surface area contributed by atoms with Crippen LogP contribution in [0.1, 0.15) is 33.1 Å². The van der Waals surface area contributed by atoms with E-state index in [0.29, 0.717) is 18.9 Å². The molecule has 1 aliphatic rings. The van der Waals surface area contributed by atoms with Crippen LogP contribution in [0.2, 0.25) is 0 Å². The SMILES string of the molecule is CC(C)CNC(=O)CN1CCCCC1=O. The third-order valence-corrected chi connectivity index (χ3v) is 2.46. The van der Waals surface area contributed by atoms with Crippen molar-refractivity contribution in [1.82, 2.24) is 10.2 Å². The fraction of sp³-hybridized carbons (Fsp3) is 0.818. The molecule has 1 aliphatic heterocycles. The van der Waals surface area contributed by atoms with Crippen LogP contribution in [-0.2, 0) is 9.59 Å². The lowest BCUT2D eigenvalue weighted by molar-refractivity contribution is -0.137. The van der Waals surface area contributed by atoms with Crippen molar-refractivity contribution < 1.29 is 9.59 Å². The number of likely N-dealkylation sites (tertiary alicyclic amines) is 1. The van der Waals surface area contributed by atoms with E-state index < -0.39 is 0 Å². The van der Waals surface area contributed by atoms with Gasteiger partial charge >= 0.3 is 0 Å². The maximum atomic E-state index is 11.5. The predicted molar refractivity (Wildman–Crippen MR) is 58.3 cm³/mol. The average molecular weight is 212 g/mol. The Morgan fingerprint density at radius 3 is 2.80 bits per heavy atom. The van der Waals surface area contributed by atoms with E-state index in [0.717, 1.165) is 19.4 Å². The molecule has 1 fully saturated rings. The molecule has 4 nitrogen and oxygen atoms in total. The van der Waals surface area contributed by atoms with Crippen molar-refractivity contribution in [1.29, 1.82) is 0 Å². The highest BCUT2D eigenvalue weighted by atomic mass is 16.2. The molecule has 0 bridgehead atoms. The van der Waals surface area contributed by atoms with E-state index in [1.54, 1.807) is 4.90 Å². The number of amides is 2. The van der Waals surface area contributed by atoms with Crippen LogP contribution in [0.3, 0.4) is 0 Å². The topological polar surface area (TPSA) is 49.4 Å². The van der Waals surface area contributed by atoms with Crippen molar-refractivity contribution in [2.24, 2.45) is 5.92 Å². The van der Waals surface area contributed by atoms with Gasteiger partial charge in [-0.1, -0.05) is 13.8 Å². The molecule has 1 heterocycles. The number of hydrogen-bond acceptors (Lipinski definition) is 2. The summed E-state index contributed by atoms with van der Waals surface area (Å²) in [7, 11) is 0. The van der Waals surface area contributed by atoms with Gasteiger partial charge in [0.25, 0.3) is 0 Å². The zero-order chi connectivity index (χ0) is 11.3. The van der Waals surface area contributed by atoms with Crippen LogP contribution < -0.4 is 5.32 Å². The van der Waals surface area contributed by atoms with Crippen LogP contribution in [0.4, 0.5) is 0 Å². The lowest BCUT2D eigenvalue weighted by Crippen LogP contribution is -2.43. The molecule has 1 N–H and O–H groups in total. The van der Waals surface area contributed by atoms with Crippen LogP contribution in [0.15, 0.2) is 0 Å². The van der Waals surface area contributed by atoms with Crippen molar-refractivity contribution >= 4 is 11.8 Å². The lowest BCUT2D eigenvalue weighted by Gasteiger charge is -2.26. The van der Waals surface area contributed by atoms with Gasteiger partial charge in [-0.2, -0.15) is 0 Å². The van der Waals surface area contributed by atoms with E-state index in [4.69, 9.17) is 0 Å². The Morgan fingerprint density at radius 2 is 2.20 bits per heavy atom. The van der Waals surface area contributed by atoms with Crippen molar-refractivity contribution in [3.63, 3.8) is 0 Å². The molecule has 1 rings (SSSR count). The Bertz CT molecular complexity index is 239. The molecule has 0 spiro atoms. The number of nitrogens with one attached hydrogen (secondary N) is 1. The van der Waals surface area contributed by atoms with Gasteiger partial charge in [0.2, 0.25) is 11.8 Å². The van der Waals surface area contributed by atoms with E-state index >= 15 is 0 Å². The van der Waals surface area contributed by atoms with Crippen LogP contribution in [0.25, 0.3) is 0 Å². The van der Waals surface area contributed by atoms with Gasteiger partial charge in [0.1, 0.15) is 0 Å². The van der Waals surface area contributed by atoms with Gasteiger partial charge < -0.3 is 10.2 Å². The van der Waals surface area contributed by atoms with E-state index in [2.05, 4.69) is 5.32 Å². The minimum atomic E-state index is -0.0426. The van der Waals surface area contributed by atoms with Crippen molar-refractivity contribution in [3.05, 3.63) is 0 Å². The number of nitrogens with zero attached hydrogens (tertiary/aromatic N) is 1. The second-order valence-electron chi connectivity index (χ2n) is 4.47. The van der Waals surface area contributed by atoms with Gasteiger partial charge in [-0.15, -0.1) is 0 Å². The van der Waals surface area contributed by atoms with Gasteiger partial charge in [0.05, 0.1) is 6.54 Å². The third kappa shape index (κ3) is 4.32. The fourth-order valence-corrected chi connectivity index (χ4v) is 1.58. The molecule has 0 unspecified atom stereocenters. The average Bonchev–Trinajstić information content (AvgIpc) is 2.18. The first-order valence-corrected chi connectivity index (χ1v) is 5.64. The standard InChI is InChI=1S/C11H20N2O2/c1-9(2)7-12-10(14)8-13-6-4-3-5-11(13)15/h9H,3-8H2,1-2H3,(H,12,14). The maximum Gasteiger partial charge on any atom is 0.239 e. The zero-order valence-corrected chi connectivity index (χ0v) is 9.58. The zero-order valence-electron chi connectivity index (χ0n) is 9.58. The quantitative estimate of drug-likeness (QED) is 0.748. The first-order chi connectivity index (χ1) is 7.09. The lowest BCUT2D eigenvalue weighted by atomic mass is 10.1. The minimum absolute atomic E-state index is 0.0426. The van der Waals surface area contributed by atoms with Crippen LogP contribution in [0.5, 0.6) is 0 Å². The number of carbonyl (C=O) groups excluding carboxylic acids is 2. The molecule has 0 radical (unpaired) electrons. The molecule has 0 atom stereocenters. The molecule has 1 saturated heterocycles. The monoisotopic (exact) mass is 212 g/mol. The van der Waals surface area contributed by atoms with Crippen LogP contribution in [0, 0.1) is 5.92 Å². The van der Waals surface area contributed by atoms with Crippen molar-refractivity contribution in [3.8, 4) is 0 Å². The summed E-state index contributed by atoms with van der Waals surface area (Å²) in [5, 5.41) is 2.82. The van der Waals surface area contributed by atoms with Gasteiger partial charge in [-0.25, -0.2) is 0 Å². The molecule has 0 aromatic carbocycles. The molecule has 15 heavy (non-hydrogen) atoms. The van der Waals surface area contributed by atoms with E-state index in [9.17, 15) is 9.59 Å². The molecule has 0 aromatic rings. The molecular weight excluding hydrogens is 192 g/mol. The summed E-state index contributed by atoms with van der Waals surface area (Å²) in [5.74, 6) is 0.519. The van der Waals surface area contributed by atoms with Crippen molar-refractivity contribution in [2.75, 3.05) is 19.6 Å². The highest BCUT2D eigenvalue weighted by molar-refractivity contribution is 5.85. The first kappa shape index (κ1) is 12.0. The number of hydrogen-bond donors (Lipinski definition) is 1. The Kier molecular flexibility index (Phi) is 4.59. The highest BCUT2D eigenvalue weighted by Gasteiger charge is 2.19. The molecule has 0 saturated carbocycles. The third-order valence-electron chi connectivity index (χ3n) is 2.46. The molecular formula is C11H20N2O2. The van der Waals surface area contributed by atoms with Gasteiger partial charge in [-0.05, 0) is 18.8 Å². The summed E-state index contributed by atoms with van der Waals surface area (Å²) in [6, 6.07) is 0. The van der Waals surface area contributed by atoms with Gasteiger partial charge in [-0.3, -0.25) is 9.59 Å². The Balaban J connectivity index is 2.27. The predicted octanol–water partition coefficient (Wildman–Crippen LogP) is 0.771.